The number of hydrogen-bond donors (Lipinski definition) is 6. The van der Waals surface area contributed by atoms with E-state index in [-0.39, 0.29) is 13.0 Å². The maximum absolute atomic E-state index is 12.8. The van der Waals surface area contributed by atoms with Gasteiger partial charge in [-0.1, -0.05) is 194 Å². The SMILES string of the molecule is CCCCCCCCCCCCCCCCCCC(=O)O[C@H](COCCCCCCCCCCCCCCCC)COP(=O)(O)OC1C(O)C(O)C(O)[C@@H](O)C1O. The summed E-state index contributed by atoms with van der Waals surface area (Å²) in [6, 6.07) is 0. The van der Waals surface area contributed by atoms with E-state index in [9.17, 15) is 39.8 Å². The average Bonchev–Trinajstić information content (AvgIpc) is 3.19. The number of esters is 1. The van der Waals surface area contributed by atoms with Crippen molar-refractivity contribution >= 4 is 13.8 Å². The van der Waals surface area contributed by atoms with Gasteiger partial charge in [0.25, 0.3) is 0 Å². The standard InChI is InChI=1S/C44H87O12P/c1-3-5-7-9-11-13-15-17-19-20-21-23-25-27-29-31-33-38(45)55-37(35-53-34-32-30-28-26-24-22-18-16-14-12-10-8-6-4-2)36-54-57(51,52)56-44-42(49)40(47)39(46)41(48)43(44)50/h37,39-44,46-50H,3-36H2,1-2H3,(H,51,52)/t37-,39?,40-,41?,42?,43?,44?/m1/s1. The molecule has 0 amide bonds. The second kappa shape index (κ2) is 36.0. The highest BCUT2D eigenvalue weighted by Crippen LogP contribution is 2.47. The molecular weight excluding hydrogens is 751 g/mol. The molecule has 1 aliphatic rings. The van der Waals surface area contributed by atoms with E-state index < -0.39 is 63.1 Å². The van der Waals surface area contributed by atoms with Crippen molar-refractivity contribution < 1.29 is 58.3 Å². The van der Waals surface area contributed by atoms with Crippen molar-refractivity contribution in [2.45, 2.75) is 256 Å². The van der Waals surface area contributed by atoms with E-state index in [2.05, 4.69) is 13.8 Å². The lowest BCUT2D eigenvalue weighted by molar-refractivity contribution is -0.220. The monoisotopic (exact) mass is 839 g/mol. The lowest BCUT2D eigenvalue weighted by Crippen LogP contribution is -2.64. The molecule has 57 heavy (non-hydrogen) atoms. The number of rotatable bonds is 40. The molecule has 6 unspecified atom stereocenters. The van der Waals surface area contributed by atoms with Crippen molar-refractivity contribution in [1.82, 2.24) is 0 Å². The lowest BCUT2D eigenvalue weighted by atomic mass is 9.85. The zero-order chi connectivity index (χ0) is 42.0. The lowest BCUT2D eigenvalue weighted by Gasteiger charge is -2.41. The predicted octanol–water partition coefficient (Wildman–Crippen LogP) is 9.37. The van der Waals surface area contributed by atoms with Gasteiger partial charge < -0.3 is 39.9 Å². The Morgan fingerprint density at radius 1 is 0.491 bits per heavy atom. The first-order valence-electron chi connectivity index (χ1n) is 23.4. The highest BCUT2D eigenvalue weighted by atomic mass is 31.2. The molecule has 6 N–H and O–H groups in total. The third-order valence-corrected chi connectivity index (χ3v) is 12.2. The van der Waals surface area contributed by atoms with Crippen LogP contribution < -0.4 is 0 Å². The topological polar surface area (TPSA) is 192 Å². The number of unbranched alkanes of at least 4 members (excludes halogenated alkanes) is 28. The molecule has 1 fully saturated rings. The number of aliphatic hydroxyl groups excluding tert-OH is 5. The Labute approximate surface area is 346 Å². The van der Waals surface area contributed by atoms with Crippen LogP contribution in [0, 0.1) is 0 Å². The fourth-order valence-corrected chi connectivity index (χ4v) is 8.45. The minimum Gasteiger partial charge on any atom is -0.457 e. The van der Waals surface area contributed by atoms with Crippen LogP contribution >= 0.6 is 7.82 Å². The van der Waals surface area contributed by atoms with Gasteiger partial charge in [-0.2, -0.15) is 0 Å². The van der Waals surface area contributed by atoms with Crippen molar-refractivity contribution in [1.29, 1.82) is 0 Å². The Bertz CT molecular complexity index is 958. The number of hydrogen-bond acceptors (Lipinski definition) is 11. The number of aliphatic hydroxyl groups is 5. The highest BCUT2D eigenvalue weighted by molar-refractivity contribution is 7.47. The van der Waals surface area contributed by atoms with Crippen molar-refractivity contribution in [3.05, 3.63) is 0 Å². The fraction of sp³-hybridized carbons (Fsp3) is 0.977. The molecule has 13 heteroatoms. The Hall–Kier alpha value is -0.660. The summed E-state index contributed by atoms with van der Waals surface area (Å²) in [6.07, 6.45) is 24.5. The summed E-state index contributed by atoms with van der Waals surface area (Å²) in [5.74, 6) is -0.471. The van der Waals surface area contributed by atoms with Crippen LogP contribution in [-0.4, -0.2) is 98.9 Å². The van der Waals surface area contributed by atoms with Crippen molar-refractivity contribution in [3.8, 4) is 0 Å². The third-order valence-electron chi connectivity index (χ3n) is 11.2. The molecule has 0 aromatic heterocycles. The number of phosphoric acid groups is 1. The van der Waals surface area contributed by atoms with E-state index in [1.807, 2.05) is 0 Å². The summed E-state index contributed by atoms with van der Waals surface area (Å²) in [5, 5.41) is 50.1. The van der Waals surface area contributed by atoms with Gasteiger partial charge in [0, 0.05) is 13.0 Å². The largest absolute Gasteiger partial charge is 0.472 e. The first kappa shape index (κ1) is 54.4. The Balaban J connectivity index is 2.38. The summed E-state index contributed by atoms with van der Waals surface area (Å²) < 4.78 is 34.2. The first-order valence-corrected chi connectivity index (χ1v) is 24.9. The molecule has 1 rings (SSSR count). The second-order valence-electron chi connectivity index (χ2n) is 16.6. The molecule has 0 aromatic rings. The van der Waals surface area contributed by atoms with Crippen molar-refractivity contribution in [2.75, 3.05) is 19.8 Å². The van der Waals surface area contributed by atoms with Crippen LogP contribution in [0.15, 0.2) is 0 Å². The normalized spacial score (nSPS) is 22.7. The van der Waals surface area contributed by atoms with Crippen LogP contribution in [0.2, 0.25) is 0 Å². The highest BCUT2D eigenvalue weighted by Gasteiger charge is 2.51. The summed E-state index contributed by atoms with van der Waals surface area (Å²) in [4.78, 5) is 23.1. The van der Waals surface area contributed by atoms with Gasteiger partial charge in [0.15, 0.2) is 0 Å². The summed E-state index contributed by atoms with van der Waals surface area (Å²) >= 11 is 0. The molecule has 0 saturated heterocycles. The van der Waals surface area contributed by atoms with E-state index in [1.165, 1.54) is 148 Å². The molecule has 8 atom stereocenters. The van der Waals surface area contributed by atoms with Crippen LogP contribution in [0.1, 0.15) is 213 Å². The molecular formula is C44H87O12P. The first-order chi connectivity index (χ1) is 27.5. The number of ether oxygens (including phenoxy) is 2. The maximum atomic E-state index is 12.8. The molecule has 0 aliphatic heterocycles. The molecule has 0 bridgehead atoms. The molecule has 0 aromatic carbocycles. The summed E-state index contributed by atoms with van der Waals surface area (Å²) in [5.41, 5.74) is 0. The third kappa shape index (κ3) is 28.5. The Morgan fingerprint density at radius 2 is 0.825 bits per heavy atom. The molecule has 1 saturated carbocycles. The van der Waals surface area contributed by atoms with E-state index in [0.717, 1.165) is 38.5 Å². The molecule has 1 aliphatic carbocycles. The van der Waals surface area contributed by atoms with Gasteiger partial charge in [-0.15, -0.1) is 0 Å². The smallest absolute Gasteiger partial charge is 0.457 e. The maximum Gasteiger partial charge on any atom is 0.472 e. The number of carbonyl (C=O) groups is 1. The van der Waals surface area contributed by atoms with Crippen LogP contribution in [-0.2, 0) is 27.9 Å². The fourth-order valence-electron chi connectivity index (χ4n) is 7.47. The van der Waals surface area contributed by atoms with Crippen LogP contribution in [0.3, 0.4) is 0 Å². The average molecular weight is 839 g/mol. The van der Waals surface area contributed by atoms with Gasteiger partial charge in [-0.3, -0.25) is 13.8 Å². The zero-order valence-corrected chi connectivity index (χ0v) is 37.1. The quantitative estimate of drug-likeness (QED) is 0.0195. The van der Waals surface area contributed by atoms with E-state index in [4.69, 9.17) is 18.5 Å². The van der Waals surface area contributed by atoms with Gasteiger partial charge in [0.05, 0.1) is 13.2 Å². The van der Waals surface area contributed by atoms with Gasteiger partial charge >= 0.3 is 13.8 Å². The summed E-state index contributed by atoms with van der Waals surface area (Å²) in [7, 11) is -5.01. The van der Waals surface area contributed by atoms with Crippen molar-refractivity contribution in [3.63, 3.8) is 0 Å². The molecule has 0 heterocycles. The molecule has 12 nitrogen and oxygen atoms in total. The molecule has 0 spiro atoms. The van der Waals surface area contributed by atoms with Gasteiger partial charge in [-0.05, 0) is 12.8 Å². The van der Waals surface area contributed by atoms with Gasteiger partial charge in [-0.25, -0.2) is 4.57 Å². The minimum atomic E-state index is -5.01. The molecule has 340 valence electrons. The molecule has 0 radical (unpaired) electrons. The van der Waals surface area contributed by atoms with E-state index in [0.29, 0.717) is 13.0 Å². The zero-order valence-electron chi connectivity index (χ0n) is 36.2. The van der Waals surface area contributed by atoms with Crippen LogP contribution in [0.25, 0.3) is 0 Å². The van der Waals surface area contributed by atoms with E-state index >= 15 is 0 Å². The number of carbonyl (C=O) groups excluding carboxylic acids is 1. The van der Waals surface area contributed by atoms with Crippen molar-refractivity contribution in [2.24, 2.45) is 0 Å². The summed E-state index contributed by atoms with van der Waals surface area (Å²) in [6.45, 7) is 4.29. The van der Waals surface area contributed by atoms with E-state index in [1.54, 1.807) is 0 Å². The Kier molecular flexibility index (Phi) is 34.4. The van der Waals surface area contributed by atoms with Gasteiger partial charge in [0.2, 0.25) is 0 Å². The second-order valence-corrected chi connectivity index (χ2v) is 18.0. The Morgan fingerprint density at radius 3 is 1.21 bits per heavy atom. The number of phosphoric ester groups is 1. The van der Waals surface area contributed by atoms with Crippen LogP contribution in [0.4, 0.5) is 0 Å². The minimum absolute atomic E-state index is 0.0680. The van der Waals surface area contributed by atoms with Gasteiger partial charge in [0.1, 0.15) is 42.7 Å². The predicted molar refractivity (Wildman–Crippen MR) is 226 cm³/mol. The van der Waals surface area contributed by atoms with Crippen LogP contribution in [0.5, 0.6) is 0 Å².